The van der Waals surface area contributed by atoms with E-state index in [1.54, 1.807) is 36.2 Å². The van der Waals surface area contributed by atoms with Crippen LogP contribution in [0.5, 0.6) is 5.75 Å². The van der Waals surface area contributed by atoms with Crippen molar-refractivity contribution in [3.8, 4) is 5.75 Å². The van der Waals surface area contributed by atoms with E-state index in [-0.39, 0.29) is 18.4 Å². The molecule has 0 saturated carbocycles. The number of hydrogen-bond donors (Lipinski definition) is 1. The average molecular weight is 388 g/mol. The largest absolute Gasteiger partial charge is 0.484 e. The van der Waals surface area contributed by atoms with Gasteiger partial charge < -0.3 is 15.0 Å². The van der Waals surface area contributed by atoms with Gasteiger partial charge >= 0.3 is 0 Å². The molecule has 5 heteroatoms. The smallest absolute Gasteiger partial charge is 0.262 e. The van der Waals surface area contributed by atoms with Crippen molar-refractivity contribution in [3.63, 3.8) is 0 Å². The van der Waals surface area contributed by atoms with E-state index in [0.29, 0.717) is 17.0 Å². The number of ether oxygens (including phenoxy) is 1. The van der Waals surface area contributed by atoms with E-state index in [9.17, 15) is 9.59 Å². The normalized spacial score (nSPS) is 10.3. The van der Waals surface area contributed by atoms with Crippen molar-refractivity contribution in [1.82, 2.24) is 0 Å². The van der Waals surface area contributed by atoms with Crippen LogP contribution in [0.25, 0.3) is 0 Å². The standard InChI is InChI=1S/C24H24N2O3/c1-3-18-9-7-14-22(15-18)29-17-23(27)25-20-11-8-10-19(16-20)24(28)26(2)21-12-5-4-6-13-21/h4-16H,3,17H2,1-2H3,(H,25,27). The number of amides is 2. The molecule has 0 saturated heterocycles. The Bertz CT molecular complexity index is 986. The Hall–Kier alpha value is -3.60. The van der Waals surface area contributed by atoms with Crippen molar-refractivity contribution in [1.29, 1.82) is 0 Å². The van der Waals surface area contributed by atoms with Crippen LogP contribution in [-0.4, -0.2) is 25.5 Å². The summed E-state index contributed by atoms with van der Waals surface area (Å²) in [6, 6.07) is 24.0. The Morgan fingerprint density at radius 3 is 2.45 bits per heavy atom. The third-order valence-corrected chi connectivity index (χ3v) is 4.52. The van der Waals surface area contributed by atoms with Gasteiger partial charge in [-0.25, -0.2) is 0 Å². The second kappa shape index (κ2) is 9.55. The molecule has 2 amide bonds. The summed E-state index contributed by atoms with van der Waals surface area (Å²) in [6.45, 7) is 1.96. The van der Waals surface area contributed by atoms with Gasteiger partial charge in [0.15, 0.2) is 6.61 Å². The molecule has 0 spiro atoms. The lowest BCUT2D eigenvalue weighted by atomic mass is 10.1. The SMILES string of the molecule is CCc1cccc(OCC(=O)Nc2cccc(C(=O)N(C)c3ccccc3)c2)c1. The van der Waals surface area contributed by atoms with Gasteiger partial charge in [-0.3, -0.25) is 9.59 Å². The maximum Gasteiger partial charge on any atom is 0.262 e. The number of nitrogens with one attached hydrogen (secondary N) is 1. The molecule has 0 bridgehead atoms. The van der Waals surface area contributed by atoms with Crippen LogP contribution in [0.15, 0.2) is 78.9 Å². The van der Waals surface area contributed by atoms with Gasteiger partial charge in [0.05, 0.1) is 0 Å². The van der Waals surface area contributed by atoms with Crippen molar-refractivity contribution in [2.75, 3.05) is 23.9 Å². The fraction of sp³-hybridized carbons (Fsp3) is 0.167. The zero-order valence-electron chi connectivity index (χ0n) is 16.6. The monoisotopic (exact) mass is 388 g/mol. The number of carbonyl (C=O) groups excluding carboxylic acids is 2. The predicted octanol–water partition coefficient (Wildman–Crippen LogP) is 4.54. The fourth-order valence-electron chi connectivity index (χ4n) is 2.89. The molecule has 148 valence electrons. The van der Waals surface area contributed by atoms with E-state index >= 15 is 0 Å². The molecule has 3 aromatic rings. The molecule has 0 aliphatic carbocycles. The predicted molar refractivity (Wildman–Crippen MR) is 116 cm³/mol. The van der Waals surface area contributed by atoms with Crippen LogP contribution >= 0.6 is 0 Å². The molecule has 1 N–H and O–H groups in total. The van der Waals surface area contributed by atoms with Crippen molar-refractivity contribution in [2.24, 2.45) is 0 Å². The maximum absolute atomic E-state index is 12.7. The third-order valence-electron chi connectivity index (χ3n) is 4.52. The highest BCUT2D eigenvalue weighted by molar-refractivity contribution is 6.06. The highest BCUT2D eigenvalue weighted by atomic mass is 16.5. The van der Waals surface area contributed by atoms with Gasteiger partial charge in [-0.1, -0.05) is 43.3 Å². The number of hydrogen-bond acceptors (Lipinski definition) is 3. The number of benzene rings is 3. The Morgan fingerprint density at radius 1 is 0.931 bits per heavy atom. The third kappa shape index (κ3) is 5.45. The van der Waals surface area contributed by atoms with E-state index in [4.69, 9.17) is 4.74 Å². The van der Waals surface area contributed by atoms with Crippen molar-refractivity contribution < 1.29 is 14.3 Å². The summed E-state index contributed by atoms with van der Waals surface area (Å²) in [4.78, 5) is 26.6. The van der Waals surface area contributed by atoms with Gasteiger partial charge in [0.2, 0.25) is 0 Å². The molecular formula is C24H24N2O3. The van der Waals surface area contributed by atoms with Gasteiger partial charge in [-0.05, 0) is 54.4 Å². The van der Waals surface area contributed by atoms with E-state index in [1.807, 2.05) is 54.6 Å². The number of aryl methyl sites for hydroxylation is 1. The average Bonchev–Trinajstić information content (AvgIpc) is 2.77. The first-order valence-corrected chi connectivity index (χ1v) is 9.51. The number of para-hydroxylation sites is 1. The lowest BCUT2D eigenvalue weighted by molar-refractivity contribution is -0.118. The van der Waals surface area contributed by atoms with Gasteiger partial charge in [-0.2, -0.15) is 0 Å². The van der Waals surface area contributed by atoms with Crippen LogP contribution in [0.3, 0.4) is 0 Å². The van der Waals surface area contributed by atoms with Crippen molar-refractivity contribution in [3.05, 3.63) is 90.0 Å². The minimum atomic E-state index is -0.284. The summed E-state index contributed by atoms with van der Waals surface area (Å²) in [7, 11) is 1.72. The zero-order chi connectivity index (χ0) is 20.6. The molecule has 5 nitrogen and oxygen atoms in total. The van der Waals surface area contributed by atoms with Crippen LogP contribution < -0.4 is 15.0 Å². The van der Waals surface area contributed by atoms with Gasteiger partial charge in [0.25, 0.3) is 11.8 Å². The number of rotatable bonds is 7. The van der Waals surface area contributed by atoms with Crippen LogP contribution in [0.1, 0.15) is 22.8 Å². The minimum absolute atomic E-state index is 0.102. The minimum Gasteiger partial charge on any atom is -0.484 e. The molecule has 0 radical (unpaired) electrons. The molecule has 0 heterocycles. The van der Waals surface area contributed by atoms with E-state index < -0.39 is 0 Å². The molecule has 0 unspecified atom stereocenters. The molecular weight excluding hydrogens is 364 g/mol. The Kier molecular flexibility index (Phi) is 6.63. The molecule has 0 atom stereocenters. The topological polar surface area (TPSA) is 58.6 Å². The van der Waals surface area contributed by atoms with E-state index in [2.05, 4.69) is 12.2 Å². The number of carbonyl (C=O) groups is 2. The fourth-order valence-corrected chi connectivity index (χ4v) is 2.89. The summed E-state index contributed by atoms with van der Waals surface area (Å²) in [5, 5.41) is 2.78. The molecule has 0 aromatic heterocycles. The van der Waals surface area contributed by atoms with Gasteiger partial charge in [0.1, 0.15) is 5.75 Å². The van der Waals surface area contributed by atoms with E-state index in [1.165, 1.54) is 0 Å². The lowest BCUT2D eigenvalue weighted by Gasteiger charge is -2.17. The summed E-state index contributed by atoms with van der Waals surface area (Å²) in [6.07, 6.45) is 0.904. The lowest BCUT2D eigenvalue weighted by Crippen LogP contribution is -2.26. The first-order valence-electron chi connectivity index (χ1n) is 9.51. The second-order valence-electron chi connectivity index (χ2n) is 6.62. The molecule has 3 rings (SSSR count). The summed E-state index contributed by atoms with van der Waals surface area (Å²) >= 11 is 0. The first-order chi connectivity index (χ1) is 14.1. The van der Waals surface area contributed by atoms with Crippen LogP contribution in [0.2, 0.25) is 0 Å². The van der Waals surface area contributed by atoms with Crippen LogP contribution in [0, 0.1) is 0 Å². The van der Waals surface area contributed by atoms with Crippen LogP contribution in [-0.2, 0) is 11.2 Å². The summed E-state index contributed by atoms with van der Waals surface area (Å²) in [5.74, 6) is 0.223. The maximum atomic E-state index is 12.7. The summed E-state index contributed by atoms with van der Waals surface area (Å²) in [5.41, 5.74) is 2.99. The summed E-state index contributed by atoms with van der Waals surface area (Å²) < 4.78 is 5.57. The Morgan fingerprint density at radius 2 is 1.69 bits per heavy atom. The second-order valence-corrected chi connectivity index (χ2v) is 6.62. The van der Waals surface area contributed by atoms with Gasteiger partial charge in [-0.15, -0.1) is 0 Å². The number of anilines is 2. The van der Waals surface area contributed by atoms with Gasteiger partial charge in [0, 0.05) is 24.0 Å². The van der Waals surface area contributed by atoms with Crippen LogP contribution in [0.4, 0.5) is 11.4 Å². The zero-order valence-corrected chi connectivity index (χ0v) is 16.6. The first kappa shape index (κ1) is 20.1. The van der Waals surface area contributed by atoms with Crippen molar-refractivity contribution >= 4 is 23.2 Å². The highest BCUT2D eigenvalue weighted by Gasteiger charge is 2.14. The van der Waals surface area contributed by atoms with E-state index in [0.717, 1.165) is 17.7 Å². The Balaban J connectivity index is 1.61. The number of nitrogens with zero attached hydrogens (tertiary/aromatic N) is 1. The van der Waals surface area contributed by atoms with Crippen molar-refractivity contribution in [2.45, 2.75) is 13.3 Å². The molecule has 0 aliphatic heterocycles. The molecule has 0 fully saturated rings. The highest BCUT2D eigenvalue weighted by Crippen LogP contribution is 2.18. The molecule has 0 aliphatic rings. The Labute approximate surface area is 170 Å². The molecule has 3 aromatic carbocycles. The molecule has 29 heavy (non-hydrogen) atoms. The quantitative estimate of drug-likeness (QED) is 0.646.